The Morgan fingerprint density at radius 1 is 1.38 bits per heavy atom. The van der Waals surface area contributed by atoms with Crippen LogP contribution in [0.25, 0.3) is 11.1 Å². The van der Waals surface area contributed by atoms with Gasteiger partial charge in [0.25, 0.3) is 0 Å². The highest BCUT2D eigenvalue weighted by atomic mass is 16.5. The number of ether oxygens (including phenoxy) is 1. The van der Waals surface area contributed by atoms with Gasteiger partial charge in [-0.3, -0.25) is 0 Å². The van der Waals surface area contributed by atoms with E-state index in [2.05, 4.69) is 50.1 Å². The monoisotopic (exact) mass is 288 g/mol. The molecular formula is C17H24N2O2. The summed E-state index contributed by atoms with van der Waals surface area (Å²) in [7, 11) is 0. The van der Waals surface area contributed by atoms with Gasteiger partial charge in [-0.25, -0.2) is 4.98 Å². The molecule has 4 heteroatoms. The largest absolute Gasteiger partial charge is 0.441 e. The van der Waals surface area contributed by atoms with Crippen LogP contribution in [0.4, 0.5) is 5.69 Å². The molecule has 4 nitrogen and oxygen atoms in total. The van der Waals surface area contributed by atoms with E-state index in [0.29, 0.717) is 12.1 Å². The van der Waals surface area contributed by atoms with E-state index >= 15 is 0 Å². The van der Waals surface area contributed by atoms with Crippen molar-refractivity contribution in [1.29, 1.82) is 0 Å². The van der Waals surface area contributed by atoms with E-state index in [0.717, 1.165) is 42.1 Å². The fourth-order valence-corrected chi connectivity index (χ4v) is 3.03. The predicted octanol–water partition coefficient (Wildman–Crippen LogP) is 4.01. The average Bonchev–Trinajstić information content (AvgIpc) is 2.88. The maximum atomic E-state index is 5.78. The van der Waals surface area contributed by atoms with E-state index in [-0.39, 0.29) is 5.41 Å². The lowest BCUT2D eigenvalue weighted by molar-refractivity contribution is -0.0975. The molecule has 1 aliphatic rings. The Morgan fingerprint density at radius 2 is 2.19 bits per heavy atom. The third-order valence-corrected chi connectivity index (χ3v) is 4.62. The minimum atomic E-state index is 0.156. The van der Waals surface area contributed by atoms with Gasteiger partial charge >= 0.3 is 0 Å². The molecule has 0 spiro atoms. The first-order valence-corrected chi connectivity index (χ1v) is 7.82. The van der Waals surface area contributed by atoms with E-state index in [1.165, 1.54) is 0 Å². The topological polar surface area (TPSA) is 47.3 Å². The van der Waals surface area contributed by atoms with Gasteiger partial charge in [-0.15, -0.1) is 0 Å². The second-order valence-corrected chi connectivity index (χ2v) is 6.34. The standard InChI is InChI=1S/C17H24N2O2/c1-5-16-19-12-9-11(7-8-13(12)21-16)18-14-10-15(20-6-2)17(14,3)4/h7-9,14-15,18H,5-6,10H2,1-4H3. The Labute approximate surface area is 125 Å². The van der Waals surface area contributed by atoms with Crippen LogP contribution < -0.4 is 5.32 Å². The Hall–Kier alpha value is -1.55. The van der Waals surface area contributed by atoms with E-state index in [9.17, 15) is 0 Å². The van der Waals surface area contributed by atoms with Crippen LogP contribution in [0.1, 0.15) is 40.0 Å². The van der Waals surface area contributed by atoms with Crippen molar-refractivity contribution in [2.45, 2.75) is 52.7 Å². The van der Waals surface area contributed by atoms with Gasteiger partial charge in [-0.05, 0) is 31.5 Å². The summed E-state index contributed by atoms with van der Waals surface area (Å²) in [6, 6.07) is 6.57. The molecule has 1 aliphatic carbocycles. The maximum Gasteiger partial charge on any atom is 0.195 e. The summed E-state index contributed by atoms with van der Waals surface area (Å²) < 4.78 is 11.4. The molecule has 0 radical (unpaired) electrons. The number of anilines is 1. The van der Waals surface area contributed by atoms with Crippen molar-refractivity contribution in [3.63, 3.8) is 0 Å². The Balaban J connectivity index is 1.74. The minimum Gasteiger partial charge on any atom is -0.441 e. The molecular weight excluding hydrogens is 264 g/mol. The maximum absolute atomic E-state index is 5.78. The molecule has 0 amide bonds. The first-order chi connectivity index (χ1) is 10.0. The fourth-order valence-electron chi connectivity index (χ4n) is 3.03. The number of fused-ring (bicyclic) bond motifs is 1. The van der Waals surface area contributed by atoms with Gasteiger partial charge < -0.3 is 14.5 Å². The van der Waals surface area contributed by atoms with Crippen molar-refractivity contribution in [2.75, 3.05) is 11.9 Å². The van der Waals surface area contributed by atoms with Crippen LogP contribution >= 0.6 is 0 Å². The second kappa shape index (κ2) is 5.34. The van der Waals surface area contributed by atoms with Crippen molar-refractivity contribution < 1.29 is 9.15 Å². The van der Waals surface area contributed by atoms with Crippen molar-refractivity contribution in [3.05, 3.63) is 24.1 Å². The minimum absolute atomic E-state index is 0.156. The van der Waals surface area contributed by atoms with Crippen LogP contribution in [0.3, 0.4) is 0 Å². The SMILES string of the molecule is CCOC1CC(Nc2ccc3oc(CC)nc3c2)C1(C)C. The summed E-state index contributed by atoms with van der Waals surface area (Å²) in [5.74, 6) is 0.794. The highest BCUT2D eigenvalue weighted by Crippen LogP contribution is 2.44. The number of nitrogens with zero attached hydrogens (tertiary/aromatic N) is 1. The van der Waals surface area contributed by atoms with Crippen molar-refractivity contribution in [2.24, 2.45) is 5.41 Å². The molecule has 21 heavy (non-hydrogen) atoms. The van der Waals surface area contributed by atoms with Gasteiger partial charge in [0.05, 0.1) is 6.10 Å². The molecule has 1 fully saturated rings. The smallest absolute Gasteiger partial charge is 0.195 e. The summed E-state index contributed by atoms with van der Waals surface area (Å²) in [5, 5.41) is 3.61. The fraction of sp³-hybridized carbons (Fsp3) is 0.588. The van der Waals surface area contributed by atoms with Gasteiger partial charge in [0.15, 0.2) is 11.5 Å². The van der Waals surface area contributed by atoms with E-state index < -0.39 is 0 Å². The van der Waals surface area contributed by atoms with E-state index in [1.54, 1.807) is 0 Å². The molecule has 0 bridgehead atoms. The molecule has 1 heterocycles. The molecule has 2 atom stereocenters. The summed E-state index contributed by atoms with van der Waals surface area (Å²) in [6.07, 6.45) is 2.23. The zero-order chi connectivity index (χ0) is 15.0. The number of benzene rings is 1. The van der Waals surface area contributed by atoms with Crippen LogP contribution in [-0.4, -0.2) is 23.7 Å². The van der Waals surface area contributed by atoms with Gasteiger partial charge in [-0.2, -0.15) is 0 Å². The number of rotatable bonds is 5. The lowest BCUT2D eigenvalue weighted by Gasteiger charge is -2.52. The van der Waals surface area contributed by atoms with Gasteiger partial charge in [-0.1, -0.05) is 20.8 Å². The number of oxazole rings is 1. The van der Waals surface area contributed by atoms with Gasteiger partial charge in [0.2, 0.25) is 0 Å². The summed E-state index contributed by atoms with van der Waals surface area (Å²) in [5.41, 5.74) is 3.04. The van der Waals surface area contributed by atoms with Crippen LogP contribution in [0, 0.1) is 5.41 Å². The van der Waals surface area contributed by atoms with Gasteiger partial charge in [0.1, 0.15) is 5.52 Å². The number of hydrogen-bond acceptors (Lipinski definition) is 4. The average molecular weight is 288 g/mol. The third-order valence-electron chi connectivity index (χ3n) is 4.62. The third kappa shape index (κ3) is 2.53. The van der Waals surface area contributed by atoms with Crippen LogP contribution in [0.5, 0.6) is 0 Å². The highest BCUT2D eigenvalue weighted by molar-refractivity contribution is 5.77. The molecule has 1 saturated carbocycles. The summed E-state index contributed by atoms with van der Waals surface area (Å²) in [6.45, 7) is 9.41. The van der Waals surface area contributed by atoms with Crippen molar-refractivity contribution in [1.82, 2.24) is 4.98 Å². The predicted molar refractivity (Wildman–Crippen MR) is 84.6 cm³/mol. The number of aryl methyl sites for hydroxylation is 1. The Morgan fingerprint density at radius 3 is 2.86 bits per heavy atom. The summed E-state index contributed by atoms with van der Waals surface area (Å²) in [4.78, 5) is 4.49. The van der Waals surface area contributed by atoms with Crippen LogP contribution in [0.2, 0.25) is 0 Å². The number of nitrogens with one attached hydrogen (secondary N) is 1. The Bertz CT molecular complexity index is 633. The Kier molecular flexibility index (Phi) is 3.66. The molecule has 1 aromatic carbocycles. The summed E-state index contributed by atoms with van der Waals surface area (Å²) >= 11 is 0. The van der Waals surface area contributed by atoms with E-state index in [4.69, 9.17) is 9.15 Å². The lowest BCUT2D eigenvalue weighted by Crippen LogP contribution is -2.58. The molecule has 3 rings (SSSR count). The molecule has 0 aliphatic heterocycles. The molecule has 0 saturated heterocycles. The van der Waals surface area contributed by atoms with Gasteiger partial charge in [0, 0.05) is 30.2 Å². The highest BCUT2D eigenvalue weighted by Gasteiger charge is 2.48. The van der Waals surface area contributed by atoms with Crippen molar-refractivity contribution >= 4 is 16.8 Å². The quantitative estimate of drug-likeness (QED) is 0.903. The number of aromatic nitrogens is 1. The van der Waals surface area contributed by atoms with Crippen molar-refractivity contribution in [3.8, 4) is 0 Å². The number of hydrogen-bond donors (Lipinski definition) is 1. The zero-order valence-corrected chi connectivity index (χ0v) is 13.3. The lowest BCUT2D eigenvalue weighted by atomic mass is 9.64. The van der Waals surface area contributed by atoms with E-state index in [1.807, 2.05) is 6.07 Å². The van der Waals surface area contributed by atoms with Crippen LogP contribution in [0.15, 0.2) is 22.6 Å². The molecule has 2 aromatic rings. The molecule has 1 N–H and O–H groups in total. The second-order valence-electron chi connectivity index (χ2n) is 6.34. The zero-order valence-electron chi connectivity index (χ0n) is 13.3. The van der Waals surface area contributed by atoms with Crippen LogP contribution in [-0.2, 0) is 11.2 Å². The molecule has 114 valence electrons. The molecule has 1 aromatic heterocycles. The normalized spacial score (nSPS) is 24.0. The first kappa shape index (κ1) is 14.4. The first-order valence-electron chi connectivity index (χ1n) is 7.82. The molecule has 2 unspecified atom stereocenters.